The molecule has 0 radical (unpaired) electrons. The van der Waals surface area contributed by atoms with Crippen molar-refractivity contribution in [3.8, 4) is 0 Å². The molecule has 5 fully saturated rings. The van der Waals surface area contributed by atoms with Crippen LogP contribution in [0.1, 0.15) is 84.9 Å². The molecule has 8 nitrogen and oxygen atoms in total. The van der Waals surface area contributed by atoms with Gasteiger partial charge in [-0.3, -0.25) is 9.58 Å². The van der Waals surface area contributed by atoms with Gasteiger partial charge in [0.05, 0.1) is 19.3 Å². The van der Waals surface area contributed by atoms with Gasteiger partial charge in [-0.25, -0.2) is 4.79 Å². The number of aryl methyl sites for hydroxylation is 1. The smallest absolute Gasteiger partial charge is 0.410 e. The van der Waals surface area contributed by atoms with Crippen LogP contribution in [0, 0.1) is 12.3 Å². The molecule has 0 N–H and O–H groups in total. The molecule has 1 amide bonds. The summed E-state index contributed by atoms with van der Waals surface area (Å²) in [6.45, 7) is 17.3. The zero-order valence-corrected chi connectivity index (χ0v) is 23.1. The maximum absolute atomic E-state index is 12.3. The molecule has 6 rings (SSSR count). The van der Waals surface area contributed by atoms with Crippen LogP contribution >= 0.6 is 0 Å². The van der Waals surface area contributed by atoms with E-state index in [9.17, 15) is 4.79 Å². The summed E-state index contributed by atoms with van der Waals surface area (Å²) in [5.74, 6) is 1.13. The molecule has 4 saturated heterocycles. The lowest BCUT2D eigenvalue weighted by Crippen LogP contribution is -2.64. The summed E-state index contributed by atoms with van der Waals surface area (Å²) in [6.07, 6.45) is 7.00. The first-order valence-corrected chi connectivity index (χ1v) is 14.1. The summed E-state index contributed by atoms with van der Waals surface area (Å²) >= 11 is 0. The van der Waals surface area contributed by atoms with E-state index in [1.807, 2.05) is 25.7 Å². The monoisotopic (exact) mass is 499 g/mol. The van der Waals surface area contributed by atoms with E-state index in [2.05, 4.69) is 41.3 Å². The molecule has 3 atom stereocenters. The van der Waals surface area contributed by atoms with Gasteiger partial charge in [0.15, 0.2) is 5.82 Å². The normalized spacial score (nSPS) is 31.9. The lowest BCUT2D eigenvalue weighted by Gasteiger charge is -2.58. The molecule has 4 aliphatic heterocycles. The average Bonchev–Trinajstić information content (AvgIpc) is 3.19. The Labute approximate surface area is 216 Å². The summed E-state index contributed by atoms with van der Waals surface area (Å²) in [5.41, 5.74) is 1.15. The molecule has 36 heavy (non-hydrogen) atoms. The highest BCUT2D eigenvalue weighted by Crippen LogP contribution is 2.54. The number of likely N-dealkylation sites (tertiary alicyclic amines) is 1. The number of amides is 1. The number of rotatable bonds is 3. The first-order chi connectivity index (χ1) is 16.9. The number of aromatic nitrogens is 2. The highest BCUT2D eigenvalue weighted by molar-refractivity contribution is 5.69. The number of nitrogens with zero attached hydrogens (tertiary/aromatic N) is 5. The number of carbonyl (C=O) groups excluding carboxylic acids is 1. The van der Waals surface area contributed by atoms with Crippen molar-refractivity contribution in [2.24, 2.45) is 5.41 Å². The maximum atomic E-state index is 12.3. The van der Waals surface area contributed by atoms with Gasteiger partial charge in [0, 0.05) is 60.5 Å². The fourth-order valence-electron chi connectivity index (χ4n) is 7.87. The molecule has 5 heterocycles. The summed E-state index contributed by atoms with van der Waals surface area (Å²) < 4.78 is 13.7. The number of fused-ring (bicyclic) bond motifs is 2. The number of morpholine rings is 1. The second kappa shape index (κ2) is 8.35. The number of carbonyl (C=O) groups is 1. The van der Waals surface area contributed by atoms with Crippen molar-refractivity contribution in [3.63, 3.8) is 0 Å². The first-order valence-electron chi connectivity index (χ1n) is 14.1. The predicted octanol–water partition coefficient (Wildman–Crippen LogP) is 4.37. The Morgan fingerprint density at radius 2 is 1.69 bits per heavy atom. The molecule has 1 saturated carbocycles. The van der Waals surface area contributed by atoms with E-state index in [1.165, 1.54) is 31.4 Å². The van der Waals surface area contributed by atoms with Crippen molar-refractivity contribution in [2.75, 3.05) is 37.7 Å². The quantitative estimate of drug-likeness (QED) is 0.615. The Hall–Kier alpha value is -1.80. The van der Waals surface area contributed by atoms with Crippen LogP contribution in [-0.2, 0) is 9.47 Å². The van der Waals surface area contributed by atoms with E-state index in [4.69, 9.17) is 14.6 Å². The van der Waals surface area contributed by atoms with Crippen molar-refractivity contribution < 1.29 is 14.3 Å². The third-order valence-electron chi connectivity index (χ3n) is 9.44. The number of hydrogen-bond donors (Lipinski definition) is 0. The molecule has 3 unspecified atom stereocenters. The van der Waals surface area contributed by atoms with Gasteiger partial charge in [-0.1, -0.05) is 0 Å². The van der Waals surface area contributed by atoms with Crippen LogP contribution in [0.3, 0.4) is 0 Å². The third kappa shape index (κ3) is 4.22. The Balaban J connectivity index is 1.07. The Kier molecular flexibility index (Phi) is 5.69. The molecule has 1 spiro atoms. The van der Waals surface area contributed by atoms with Gasteiger partial charge >= 0.3 is 6.09 Å². The molecule has 1 aromatic rings. The van der Waals surface area contributed by atoms with Gasteiger partial charge in [0.25, 0.3) is 0 Å². The van der Waals surface area contributed by atoms with E-state index in [0.29, 0.717) is 24.2 Å². The summed E-state index contributed by atoms with van der Waals surface area (Å²) in [7, 11) is 0. The summed E-state index contributed by atoms with van der Waals surface area (Å²) in [6, 6.07) is 4.63. The van der Waals surface area contributed by atoms with Crippen LogP contribution in [0.4, 0.5) is 10.6 Å². The molecule has 200 valence electrons. The highest BCUT2D eigenvalue weighted by atomic mass is 16.6. The van der Waals surface area contributed by atoms with Crippen molar-refractivity contribution in [2.45, 2.75) is 115 Å². The van der Waals surface area contributed by atoms with Crippen LogP contribution < -0.4 is 4.90 Å². The van der Waals surface area contributed by atoms with Gasteiger partial charge in [0.1, 0.15) is 5.60 Å². The van der Waals surface area contributed by atoms with Crippen LogP contribution in [0.2, 0.25) is 0 Å². The fourth-order valence-corrected chi connectivity index (χ4v) is 7.87. The average molecular weight is 500 g/mol. The van der Waals surface area contributed by atoms with E-state index in [-0.39, 0.29) is 17.0 Å². The fraction of sp³-hybridized carbons (Fsp3) is 0.857. The van der Waals surface area contributed by atoms with Gasteiger partial charge in [-0.05, 0) is 80.1 Å². The van der Waals surface area contributed by atoms with E-state index < -0.39 is 5.60 Å². The lowest BCUT2D eigenvalue weighted by atomic mass is 9.61. The second-order valence-corrected chi connectivity index (χ2v) is 14.0. The van der Waals surface area contributed by atoms with Crippen molar-refractivity contribution in [1.29, 1.82) is 0 Å². The van der Waals surface area contributed by atoms with Gasteiger partial charge in [-0.2, -0.15) is 5.10 Å². The molecular weight excluding hydrogens is 454 g/mol. The summed E-state index contributed by atoms with van der Waals surface area (Å²) in [4.78, 5) is 19.6. The number of hydrogen-bond acceptors (Lipinski definition) is 6. The topological polar surface area (TPSA) is 63.1 Å². The second-order valence-electron chi connectivity index (χ2n) is 14.0. The SMILES string of the molecule is Cc1cc(N2CCC(N3C4CCC3COC4)CC2(C)C)nn1C1CC2(C1)CN(C(=O)OC(C)(C)C)C2. The molecule has 2 bridgehead atoms. The van der Waals surface area contributed by atoms with Crippen LogP contribution in [0.25, 0.3) is 0 Å². The highest BCUT2D eigenvalue weighted by Gasteiger charge is 2.55. The minimum absolute atomic E-state index is 0.0784. The van der Waals surface area contributed by atoms with Crippen molar-refractivity contribution in [1.82, 2.24) is 19.6 Å². The van der Waals surface area contributed by atoms with Crippen LogP contribution in [0.5, 0.6) is 0 Å². The van der Waals surface area contributed by atoms with E-state index >= 15 is 0 Å². The molecular formula is C28H45N5O3. The van der Waals surface area contributed by atoms with E-state index in [0.717, 1.165) is 51.5 Å². The van der Waals surface area contributed by atoms with Crippen molar-refractivity contribution in [3.05, 3.63) is 11.8 Å². The largest absolute Gasteiger partial charge is 0.444 e. The van der Waals surface area contributed by atoms with Gasteiger partial charge < -0.3 is 19.3 Å². The number of ether oxygens (including phenoxy) is 2. The molecule has 0 aromatic carbocycles. The maximum Gasteiger partial charge on any atom is 0.410 e. The summed E-state index contributed by atoms with van der Waals surface area (Å²) in [5, 5.41) is 5.16. The number of anilines is 1. The standard InChI is InChI=1S/C28H45N5O3/c1-19-11-24(29-33(19)23-13-28(14-23)17-30(18-28)25(34)36-26(2,3)4)31-10-9-20(12-27(31,5)6)32-21-7-8-22(32)16-35-15-21/h11,20-23H,7-10,12-18H2,1-6H3. The van der Waals surface area contributed by atoms with Gasteiger partial charge in [-0.15, -0.1) is 0 Å². The molecule has 5 aliphatic rings. The minimum Gasteiger partial charge on any atom is -0.444 e. The molecule has 1 aromatic heterocycles. The van der Waals surface area contributed by atoms with Crippen molar-refractivity contribution >= 4 is 11.9 Å². The van der Waals surface area contributed by atoms with Gasteiger partial charge in [0.2, 0.25) is 0 Å². The number of piperidine rings is 1. The van der Waals surface area contributed by atoms with Crippen LogP contribution in [-0.4, -0.2) is 87.8 Å². The first kappa shape index (κ1) is 24.5. The predicted molar refractivity (Wildman–Crippen MR) is 139 cm³/mol. The third-order valence-corrected chi connectivity index (χ3v) is 9.44. The Morgan fingerprint density at radius 3 is 2.31 bits per heavy atom. The molecule has 1 aliphatic carbocycles. The zero-order valence-electron chi connectivity index (χ0n) is 23.1. The van der Waals surface area contributed by atoms with Crippen LogP contribution in [0.15, 0.2) is 6.07 Å². The Morgan fingerprint density at radius 1 is 1.03 bits per heavy atom. The lowest BCUT2D eigenvalue weighted by molar-refractivity contribution is -0.0930. The Bertz CT molecular complexity index is 983. The minimum atomic E-state index is -0.436. The molecule has 8 heteroatoms. The van der Waals surface area contributed by atoms with E-state index in [1.54, 1.807) is 0 Å². The zero-order chi connectivity index (χ0) is 25.5.